The molecule has 0 spiro atoms. The molecule has 0 aliphatic rings. The van der Waals surface area contributed by atoms with Crippen LogP contribution in [0, 0.1) is 0 Å². The summed E-state index contributed by atoms with van der Waals surface area (Å²) in [7, 11) is 1.68. The van der Waals surface area contributed by atoms with Gasteiger partial charge in [-0.15, -0.1) is 0 Å². The molecule has 2 nitrogen and oxygen atoms in total. The number of halogens is 1. The van der Waals surface area contributed by atoms with Crippen LogP contribution in [-0.2, 0) is 0 Å². The van der Waals surface area contributed by atoms with E-state index in [9.17, 15) is 0 Å². The van der Waals surface area contributed by atoms with Crippen LogP contribution >= 0.6 is 15.9 Å². The van der Waals surface area contributed by atoms with E-state index in [1.807, 2.05) is 6.08 Å². The molecule has 0 aliphatic carbocycles. The van der Waals surface area contributed by atoms with Crippen LogP contribution in [0.5, 0.6) is 0 Å². The summed E-state index contributed by atoms with van der Waals surface area (Å²) in [5, 5.41) is 2.87. The van der Waals surface area contributed by atoms with E-state index in [1.54, 1.807) is 19.5 Å². The predicted octanol–water partition coefficient (Wildman–Crippen LogP) is 2.77. The van der Waals surface area contributed by atoms with Crippen LogP contribution in [0.25, 0.3) is 0 Å². The maximum atomic E-state index is 3.81. The normalized spacial score (nSPS) is 10.6. The van der Waals surface area contributed by atoms with Crippen LogP contribution in [0.4, 0.5) is 0 Å². The molecule has 0 unspecified atom stereocenters. The Morgan fingerprint density at radius 3 is 2.38 bits per heavy atom. The maximum Gasteiger partial charge on any atom is 0.0864 e. The van der Waals surface area contributed by atoms with Crippen LogP contribution in [-0.4, -0.2) is 13.4 Å². The van der Waals surface area contributed by atoms with Crippen LogP contribution in [0.15, 0.2) is 52.6 Å². The molecule has 0 fully saturated rings. The second-order valence-corrected chi connectivity index (χ2v) is 3.33. The van der Waals surface area contributed by atoms with Gasteiger partial charge in [0.15, 0.2) is 0 Å². The molecule has 0 saturated carbocycles. The van der Waals surface area contributed by atoms with Crippen molar-refractivity contribution < 1.29 is 0 Å². The monoisotopic (exact) mass is 240 g/mol. The molecule has 0 aromatic rings. The molecule has 0 aliphatic heterocycles. The summed E-state index contributed by atoms with van der Waals surface area (Å²) in [5.74, 6) is 0. The summed E-state index contributed by atoms with van der Waals surface area (Å²) in [5.41, 5.74) is 1.51. The highest BCUT2D eigenvalue weighted by Crippen LogP contribution is 2.07. The molecule has 0 aromatic heterocycles. The first-order valence-corrected chi connectivity index (χ1v) is 4.45. The van der Waals surface area contributed by atoms with Crippen molar-refractivity contribution in [2.45, 2.75) is 0 Å². The van der Waals surface area contributed by atoms with E-state index < -0.39 is 0 Å². The van der Waals surface area contributed by atoms with Gasteiger partial charge in [0.05, 0.1) is 6.34 Å². The van der Waals surface area contributed by atoms with E-state index in [4.69, 9.17) is 0 Å². The first-order chi connectivity index (χ1) is 6.07. The van der Waals surface area contributed by atoms with E-state index in [-0.39, 0.29) is 0 Å². The highest BCUT2D eigenvalue weighted by molar-refractivity contribution is 9.11. The molecule has 3 heteroatoms. The number of hydrogen-bond acceptors (Lipinski definition) is 1. The highest BCUT2D eigenvalue weighted by Gasteiger charge is 1.92. The standard InChI is InChI=1S/C10H13BrN2/c1-8(5-6-9(2)11)10(3)13-7-12-4/h5-7H,1-3H2,4H3,(H,12,13)/b6-5-. The molecule has 0 saturated heterocycles. The number of rotatable bonds is 5. The molecule has 70 valence electrons. The lowest BCUT2D eigenvalue weighted by Gasteiger charge is -2.03. The average molecular weight is 241 g/mol. The van der Waals surface area contributed by atoms with Gasteiger partial charge in [0, 0.05) is 17.2 Å². The zero-order chi connectivity index (χ0) is 10.3. The van der Waals surface area contributed by atoms with Crippen molar-refractivity contribution in [1.29, 1.82) is 0 Å². The molecule has 0 heterocycles. The van der Waals surface area contributed by atoms with E-state index in [0.717, 1.165) is 15.8 Å². The first kappa shape index (κ1) is 11.9. The average Bonchev–Trinajstić information content (AvgIpc) is 2.10. The Bertz CT molecular complexity index is 275. The van der Waals surface area contributed by atoms with Gasteiger partial charge in [0.2, 0.25) is 0 Å². The van der Waals surface area contributed by atoms with Crippen molar-refractivity contribution in [2.24, 2.45) is 4.99 Å². The molecule has 13 heavy (non-hydrogen) atoms. The van der Waals surface area contributed by atoms with Crippen LogP contribution < -0.4 is 5.32 Å². The second kappa shape index (κ2) is 6.43. The quantitative estimate of drug-likeness (QED) is 0.446. The molecule has 0 atom stereocenters. The highest BCUT2D eigenvalue weighted by atomic mass is 79.9. The van der Waals surface area contributed by atoms with Gasteiger partial charge >= 0.3 is 0 Å². The molecule has 0 radical (unpaired) electrons. The van der Waals surface area contributed by atoms with Gasteiger partial charge in [-0.1, -0.05) is 41.7 Å². The molecule has 0 amide bonds. The van der Waals surface area contributed by atoms with Crippen molar-refractivity contribution in [2.75, 3.05) is 7.05 Å². The topological polar surface area (TPSA) is 24.4 Å². The van der Waals surface area contributed by atoms with Gasteiger partial charge in [-0.25, -0.2) is 0 Å². The summed E-state index contributed by atoms with van der Waals surface area (Å²) in [6, 6.07) is 0. The van der Waals surface area contributed by atoms with Crippen LogP contribution in [0.3, 0.4) is 0 Å². The minimum absolute atomic E-state index is 0.718. The van der Waals surface area contributed by atoms with Crippen molar-refractivity contribution >= 4 is 22.3 Å². The number of allylic oxidation sites excluding steroid dienone is 3. The van der Waals surface area contributed by atoms with Gasteiger partial charge in [0.25, 0.3) is 0 Å². The van der Waals surface area contributed by atoms with Crippen molar-refractivity contribution in [1.82, 2.24) is 5.32 Å². The van der Waals surface area contributed by atoms with Gasteiger partial charge in [-0.3, -0.25) is 4.99 Å². The van der Waals surface area contributed by atoms with Gasteiger partial charge in [-0.05, 0) is 11.6 Å². The Morgan fingerprint density at radius 2 is 1.92 bits per heavy atom. The fourth-order valence-electron chi connectivity index (χ4n) is 0.527. The Hall–Kier alpha value is -1.09. The summed E-state index contributed by atoms with van der Waals surface area (Å²) < 4.78 is 0.797. The van der Waals surface area contributed by atoms with Crippen LogP contribution in [0.2, 0.25) is 0 Å². The largest absolute Gasteiger partial charge is 0.347 e. The van der Waals surface area contributed by atoms with Crippen molar-refractivity contribution in [3.05, 3.63) is 47.6 Å². The Labute approximate surface area is 87.6 Å². The van der Waals surface area contributed by atoms with E-state index >= 15 is 0 Å². The molecular formula is C10H13BrN2. The summed E-state index contributed by atoms with van der Waals surface area (Å²) in [4.78, 5) is 3.76. The van der Waals surface area contributed by atoms with Crippen molar-refractivity contribution in [3.8, 4) is 0 Å². The van der Waals surface area contributed by atoms with Crippen molar-refractivity contribution in [3.63, 3.8) is 0 Å². The lowest BCUT2D eigenvalue weighted by Crippen LogP contribution is -2.09. The van der Waals surface area contributed by atoms with E-state index in [2.05, 4.69) is 46.0 Å². The lowest BCUT2D eigenvalue weighted by molar-refractivity contribution is 1.18. The first-order valence-electron chi connectivity index (χ1n) is 3.65. The predicted molar refractivity (Wildman–Crippen MR) is 63.0 cm³/mol. The Kier molecular flexibility index (Phi) is 5.89. The number of nitrogens with one attached hydrogen (secondary N) is 1. The molecule has 0 bridgehead atoms. The minimum atomic E-state index is 0.718. The summed E-state index contributed by atoms with van der Waals surface area (Å²) in [6.07, 6.45) is 5.18. The molecule has 0 rings (SSSR count). The summed E-state index contributed by atoms with van der Waals surface area (Å²) >= 11 is 3.21. The number of hydrogen-bond donors (Lipinski definition) is 1. The van der Waals surface area contributed by atoms with E-state index in [1.165, 1.54) is 0 Å². The Balaban J connectivity index is 4.12. The zero-order valence-electron chi connectivity index (χ0n) is 7.68. The maximum absolute atomic E-state index is 3.81. The third-order valence-corrected chi connectivity index (χ3v) is 1.49. The molecule has 1 N–H and O–H groups in total. The number of nitrogens with zero attached hydrogens (tertiary/aromatic N) is 1. The van der Waals surface area contributed by atoms with Crippen LogP contribution in [0.1, 0.15) is 0 Å². The minimum Gasteiger partial charge on any atom is -0.347 e. The lowest BCUT2D eigenvalue weighted by atomic mass is 10.2. The molecular weight excluding hydrogens is 228 g/mol. The molecule has 0 aromatic carbocycles. The zero-order valence-corrected chi connectivity index (χ0v) is 9.26. The fraction of sp³-hybridized carbons (Fsp3) is 0.100. The summed E-state index contributed by atoms with van der Waals surface area (Å²) in [6.45, 7) is 11.2. The third kappa shape index (κ3) is 6.11. The second-order valence-electron chi connectivity index (χ2n) is 2.32. The third-order valence-electron chi connectivity index (χ3n) is 1.22. The Morgan fingerprint density at radius 1 is 1.31 bits per heavy atom. The smallest absolute Gasteiger partial charge is 0.0864 e. The number of aliphatic imine (C=N–C) groups is 1. The SMILES string of the molecule is C=C(Br)/C=C\C(=C)C(=C)NC=NC. The van der Waals surface area contributed by atoms with Gasteiger partial charge in [0.1, 0.15) is 0 Å². The van der Waals surface area contributed by atoms with Gasteiger partial charge < -0.3 is 5.32 Å². The fourth-order valence-corrected chi connectivity index (χ4v) is 0.659. The van der Waals surface area contributed by atoms with Gasteiger partial charge in [-0.2, -0.15) is 0 Å². The van der Waals surface area contributed by atoms with E-state index in [0.29, 0.717) is 0 Å².